The molecule has 0 spiro atoms. The van der Waals surface area contributed by atoms with Gasteiger partial charge in [-0.1, -0.05) is 12.8 Å². The number of amides is 1. The monoisotopic (exact) mass is 209 g/mol. The molecule has 0 aromatic rings. The van der Waals surface area contributed by atoms with Crippen LogP contribution in [0.25, 0.3) is 0 Å². The van der Waals surface area contributed by atoms with Crippen LogP contribution in [0.5, 0.6) is 0 Å². The van der Waals surface area contributed by atoms with E-state index >= 15 is 0 Å². The van der Waals surface area contributed by atoms with E-state index in [0.717, 1.165) is 5.92 Å². The van der Waals surface area contributed by atoms with Crippen LogP contribution in [0, 0.1) is 17.2 Å². The SMILES string of the molecule is CC(CC1CC1)NCC(=O)NCCC#N. The zero-order valence-electron chi connectivity index (χ0n) is 9.25. The van der Waals surface area contributed by atoms with Crippen LogP contribution in [0.2, 0.25) is 0 Å². The molecule has 84 valence electrons. The van der Waals surface area contributed by atoms with E-state index in [1.54, 1.807) is 0 Å². The maximum absolute atomic E-state index is 11.2. The first kappa shape index (κ1) is 12.0. The molecule has 1 unspecified atom stereocenters. The van der Waals surface area contributed by atoms with E-state index in [0.29, 0.717) is 25.6 Å². The lowest BCUT2D eigenvalue weighted by molar-refractivity contribution is -0.120. The van der Waals surface area contributed by atoms with Crippen molar-refractivity contribution in [2.75, 3.05) is 13.1 Å². The van der Waals surface area contributed by atoms with Gasteiger partial charge in [-0.2, -0.15) is 5.26 Å². The fourth-order valence-electron chi connectivity index (χ4n) is 1.52. The summed E-state index contributed by atoms with van der Waals surface area (Å²) in [6.07, 6.45) is 4.25. The number of hydrogen-bond donors (Lipinski definition) is 2. The molecule has 0 aromatic carbocycles. The molecule has 1 atom stereocenters. The third kappa shape index (κ3) is 6.08. The predicted octanol–water partition coefficient (Wildman–Crippen LogP) is 0.794. The summed E-state index contributed by atoms with van der Waals surface area (Å²) in [5, 5.41) is 14.2. The van der Waals surface area contributed by atoms with E-state index in [2.05, 4.69) is 17.6 Å². The molecule has 1 amide bonds. The van der Waals surface area contributed by atoms with E-state index in [-0.39, 0.29) is 5.91 Å². The lowest BCUT2D eigenvalue weighted by atomic mass is 10.1. The van der Waals surface area contributed by atoms with Crippen molar-refractivity contribution in [3.05, 3.63) is 0 Å². The first-order chi connectivity index (χ1) is 7.22. The van der Waals surface area contributed by atoms with Gasteiger partial charge < -0.3 is 10.6 Å². The van der Waals surface area contributed by atoms with Gasteiger partial charge in [-0.3, -0.25) is 4.79 Å². The molecule has 1 saturated carbocycles. The van der Waals surface area contributed by atoms with E-state index in [4.69, 9.17) is 5.26 Å². The molecular formula is C11H19N3O. The lowest BCUT2D eigenvalue weighted by Crippen LogP contribution is -2.38. The number of rotatable bonds is 7. The maximum atomic E-state index is 11.2. The van der Waals surface area contributed by atoms with Gasteiger partial charge in [-0.15, -0.1) is 0 Å². The molecule has 2 N–H and O–H groups in total. The third-order valence-electron chi connectivity index (χ3n) is 2.55. The third-order valence-corrected chi connectivity index (χ3v) is 2.55. The predicted molar refractivity (Wildman–Crippen MR) is 58.0 cm³/mol. The number of hydrogen-bond acceptors (Lipinski definition) is 3. The highest BCUT2D eigenvalue weighted by Gasteiger charge is 2.23. The van der Waals surface area contributed by atoms with E-state index in [1.165, 1.54) is 19.3 Å². The number of carbonyl (C=O) groups excluding carboxylic acids is 1. The second-order valence-corrected chi connectivity index (χ2v) is 4.22. The van der Waals surface area contributed by atoms with Gasteiger partial charge in [0.25, 0.3) is 0 Å². The molecule has 1 rings (SSSR count). The number of nitriles is 1. The molecule has 1 aliphatic carbocycles. The van der Waals surface area contributed by atoms with Gasteiger partial charge in [0.05, 0.1) is 19.0 Å². The van der Waals surface area contributed by atoms with Gasteiger partial charge in [-0.25, -0.2) is 0 Å². The minimum Gasteiger partial charge on any atom is -0.354 e. The zero-order valence-corrected chi connectivity index (χ0v) is 9.25. The largest absolute Gasteiger partial charge is 0.354 e. The topological polar surface area (TPSA) is 64.9 Å². The van der Waals surface area contributed by atoms with Crippen LogP contribution in [-0.2, 0) is 4.79 Å². The summed E-state index contributed by atoms with van der Waals surface area (Å²) < 4.78 is 0. The maximum Gasteiger partial charge on any atom is 0.233 e. The first-order valence-corrected chi connectivity index (χ1v) is 5.59. The van der Waals surface area contributed by atoms with Gasteiger partial charge in [0, 0.05) is 12.6 Å². The van der Waals surface area contributed by atoms with E-state index in [9.17, 15) is 4.79 Å². The molecular weight excluding hydrogens is 190 g/mol. The van der Waals surface area contributed by atoms with Gasteiger partial charge in [0.15, 0.2) is 0 Å². The molecule has 0 aromatic heterocycles. The first-order valence-electron chi connectivity index (χ1n) is 5.59. The summed E-state index contributed by atoms with van der Waals surface area (Å²) >= 11 is 0. The molecule has 4 heteroatoms. The van der Waals surface area contributed by atoms with E-state index < -0.39 is 0 Å². The van der Waals surface area contributed by atoms with Crippen LogP contribution in [0.1, 0.15) is 32.6 Å². The number of nitrogens with zero attached hydrogens (tertiary/aromatic N) is 1. The van der Waals surface area contributed by atoms with Crippen molar-refractivity contribution in [1.29, 1.82) is 5.26 Å². The Labute approximate surface area is 91.0 Å². The Kier molecular flexibility index (Phi) is 5.13. The highest BCUT2D eigenvalue weighted by molar-refractivity contribution is 5.77. The average Bonchev–Trinajstić information content (AvgIpc) is 2.99. The summed E-state index contributed by atoms with van der Waals surface area (Å²) in [4.78, 5) is 11.2. The van der Waals surface area contributed by atoms with Crippen molar-refractivity contribution < 1.29 is 4.79 Å². The Morgan fingerprint density at radius 2 is 2.33 bits per heavy atom. The van der Waals surface area contributed by atoms with Crippen molar-refractivity contribution in [1.82, 2.24) is 10.6 Å². The molecule has 0 heterocycles. The fourth-order valence-corrected chi connectivity index (χ4v) is 1.52. The van der Waals surface area contributed by atoms with Crippen LogP contribution in [-0.4, -0.2) is 25.0 Å². The van der Waals surface area contributed by atoms with Gasteiger partial charge in [0.1, 0.15) is 0 Å². The molecule has 0 bridgehead atoms. The molecule has 0 radical (unpaired) electrons. The summed E-state index contributed by atoms with van der Waals surface area (Å²) in [5.74, 6) is 0.863. The zero-order chi connectivity index (χ0) is 11.1. The quantitative estimate of drug-likeness (QED) is 0.609. The normalized spacial score (nSPS) is 16.8. The molecule has 1 fully saturated rings. The van der Waals surface area contributed by atoms with Crippen molar-refractivity contribution in [3.8, 4) is 6.07 Å². The van der Waals surface area contributed by atoms with Crippen LogP contribution in [0.3, 0.4) is 0 Å². The van der Waals surface area contributed by atoms with Crippen LogP contribution >= 0.6 is 0 Å². The second-order valence-electron chi connectivity index (χ2n) is 4.22. The van der Waals surface area contributed by atoms with Crippen LogP contribution < -0.4 is 10.6 Å². The fraction of sp³-hybridized carbons (Fsp3) is 0.818. The summed E-state index contributed by atoms with van der Waals surface area (Å²) in [6.45, 7) is 2.92. The lowest BCUT2D eigenvalue weighted by Gasteiger charge is -2.12. The van der Waals surface area contributed by atoms with Crippen molar-refractivity contribution in [3.63, 3.8) is 0 Å². The Hall–Kier alpha value is -1.08. The molecule has 1 aliphatic rings. The highest BCUT2D eigenvalue weighted by Crippen LogP contribution is 2.33. The summed E-state index contributed by atoms with van der Waals surface area (Å²) in [5.41, 5.74) is 0. The molecule has 0 saturated heterocycles. The van der Waals surface area contributed by atoms with Crippen molar-refractivity contribution in [2.24, 2.45) is 5.92 Å². The van der Waals surface area contributed by atoms with Crippen molar-refractivity contribution >= 4 is 5.91 Å². The summed E-state index contributed by atoms with van der Waals surface area (Å²) in [7, 11) is 0. The highest BCUT2D eigenvalue weighted by atomic mass is 16.1. The smallest absolute Gasteiger partial charge is 0.233 e. The average molecular weight is 209 g/mol. The Morgan fingerprint density at radius 3 is 2.93 bits per heavy atom. The minimum atomic E-state index is -0.0205. The molecule has 15 heavy (non-hydrogen) atoms. The summed E-state index contributed by atoms with van der Waals surface area (Å²) in [6, 6.07) is 2.40. The minimum absolute atomic E-state index is 0.0205. The van der Waals surface area contributed by atoms with Gasteiger partial charge in [-0.05, 0) is 19.3 Å². The van der Waals surface area contributed by atoms with Crippen molar-refractivity contribution in [2.45, 2.75) is 38.6 Å². The second kappa shape index (κ2) is 6.41. The number of carbonyl (C=O) groups is 1. The standard InChI is InChI=1S/C11H19N3O/c1-9(7-10-3-4-10)14-8-11(15)13-6-2-5-12/h9-10,14H,2-4,6-8H2,1H3,(H,13,15). The Bertz CT molecular complexity index is 243. The molecule has 0 aliphatic heterocycles. The molecule has 4 nitrogen and oxygen atoms in total. The Morgan fingerprint density at radius 1 is 1.60 bits per heavy atom. The van der Waals surface area contributed by atoms with Crippen LogP contribution in [0.4, 0.5) is 0 Å². The van der Waals surface area contributed by atoms with Gasteiger partial charge >= 0.3 is 0 Å². The van der Waals surface area contributed by atoms with Crippen LogP contribution in [0.15, 0.2) is 0 Å². The van der Waals surface area contributed by atoms with Gasteiger partial charge in [0.2, 0.25) is 5.91 Å². The Balaban J connectivity index is 1.97. The number of nitrogens with one attached hydrogen (secondary N) is 2. The van der Waals surface area contributed by atoms with E-state index in [1.807, 2.05) is 6.07 Å².